The summed E-state index contributed by atoms with van der Waals surface area (Å²) in [6.45, 7) is 2.07. The first-order chi connectivity index (χ1) is 4.16. The summed E-state index contributed by atoms with van der Waals surface area (Å²) in [6.07, 6.45) is 1.98. The van der Waals surface area contributed by atoms with E-state index in [9.17, 15) is 0 Å². The maximum Gasteiger partial charge on any atom is 0.237 e. The van der Waals surface area contributed by atoms with E-state index in [1.54, 1.807) is 0 Å². The van der Waals surface area contributed by atoms with E-state index in [0.29, 0.717) is 0 Å². The molecular weight excluding hydrogens is 194 g/mol. The fraction of sp³-hybridized carbons (Fsp3) is 1.00. The lowest BCUT2D eigenvalue weighted by molar-refractivity contribution is 0.780. The van der Waals surface area contributed by atoms with Gasteiger partial charge in [-0.2, -0.15) is 22.2 Å². The summed E-state index contributed by atoms with van der Waals surface area (Å²) < 4.78 is 0. The molecule has 0 saturated heterocycles. The monoisotopic (exact) mass is 204 g/mol. The lowest BCUT2D eigenvalue weighted by Gasteiger charge is -2.03. The predicted molar refractivity (Wildman–Crippen MR) is 48.2 cm³/mol. The second kappa shape index (κ2) is 5.84. The summed E-state index contributed by atoms with van der Waals surface area (Å²) >= 11 is 17.1. The molecule has 0 nitrogen and oxygen atoms in total. The van der Waals surface area contributed by atoms with Gasteiger partial charge >= 0.3 is 0 Å². The van der Waals surface area contributed by atoms with Crippen LogP contribution in [0.25, 0.3) is 0 Å². The highest BCUT2D eigenvalue weighted by atomic mass is 35.7. The van der Waals surface area contributed by atoms with Crippen molar-refractivity contribution in [2.75, 3.05) is 0 Å². The van der Waals surface area contributed by atoms with Crippen LogP contribution in [0.4, 0.5) is 0 Å². The van der Waals surface area contributed by atoms with Crippen molar-refractivity contribution in [3.05, 3.63) is 0 Å². The number of rotatable bonds is 4. The summed E-state index contributed by atoms with van der Waals surface area (Å²) in [6, 6.07) is 0.936. The van der Waals surface area contributed by atoms with Crippen LogP contribution >= 0.6 is 33.8 Å². The van der Waals surface area contributed by atoms with Gasteiger partial charge in [-0.3, -0.25) is 0 Å². The first-order valence-electron chi connectivity index (χ1n) is 3.09. The molecule has 0 spiro atoms. The van der Waals surface area contributed by atoms with Crippen LogP contribution in [0.15, 0.2) is 0 Å². The molecule has 0 aromatic heterocycles. The molecule has 0 bridgehead atoms. The quantitative estimate of drug-likeness (QED) is 0.376. The number of hydrogen-bond acceptors (Lipinski definition) is 0. The fourth-order valence-electron chi connectivity index (χ4n) is 0.511. The molecule has 0 rings (SSSR count). The van der Waals surface area contributed by atoms with Crippen LogP contribution in [0.1, 0.15) is 19.8 Å². The smallest absolute Gasteiger partial charge is 0.150 e. The minimum atomic E-state index is -1.38. The van der Waals surface area contributed by atoms with Gasteiger partial charge in [-0.1, -0.05) is 6.92 Å². The Kier molecular flexibility index (Phi) is 6.55. The third-order valence-electron chi connectivity index (χ3n) is 1.14. The van der Waals surface area contributed by atoms with Gasteiger partial charge in [0, 0.05) is 5.38 Å². The third-order valence-corrected chi connectivity index (χ3v) is 3.75. The predicted octanol–water partition coefficient (Wildman–Crippen LogP) is 3.09. The lowest BCUT2D eigenvalue weighted by Crippen LogP contribution is -2.00. The maximum atomic E-state index is 5.81. The maximum absolute atomic E-state index is 5.81. The van der Waals surface area contributed by atoms with Gasteiger partial charge in [-0.05, 0) is 18.9 Å². The molecule has 0 aliphatic carbocycles. The zero-order valence-electron chi connectivity index (χ0n) is 5.41. The Morgan fingerprint density at radius 2 is 2.00 bits per heavy atom. The topological polar surface area (TPSA) is 0 Å². The highest BCUT2D eigenvalue weighted by Crippen LogP contribution is 2.14. The molecule has 1 unspecified atom stereocenters. The molecule has 0 fully saturated rings. The molecule has 0 aromatic carbocycles. The van der Waals surface area contributed by atoms with Crippen LogP contribution in [-0.2, 0) is 0 Å². The standard InChI is InChI=1S/C5H11Cl3Si/c1-2-5(6)3-4-9(7)8/h5,9H,2-4H2,1H3. The van der Waals surface area contributed by atoms with E-state index >= 15 is 0 Å². The van der Waals surface area contributed by atoms with E-state index in [-0.39, 0.29) is 5.38 Å². The number of hydrogen-bond donors (Lipinski definition) is 0. The van der Waals surface area contributed by atoms with Crippen molar-refractivity contribution in [1.29, 1.82) is 0 Å². The molecule has 56 valence electrons. The first kappa shape index (κ1) is 10.1. The second-order valence-electron chi connectivity index (χ2n) is 1.97. The summed E-state index contributed by atoms with van der Waals surface area (Å²) in [5.74, 6) is 0. The van der Waals surface area contributed by atoms with E-state index in [1.807, 2.05) is 0 Å². The Morgan fingerprint density at radius 1 is 1.44 bits per heavy atom. The van der Waals surface area contributed by atoms with Gasteiger partial charge in [-0.25, -0.2) is 0 Å². The Morgan fingerprint density at radius 3 is 2.33 bits per heavy atom. The molecule has 9 heavy (non-hydrogen) atoms. The van der Waals surface area contributed by atoms with Crippen LogP contribution in [-0.4, -0.2) is 12.8 Å². The van der Waals surface area contributed by atoms with Gasteiger partial charge in [0.2, 0.25) is 7.42 Å². The lowest BCUT2D eigenvalue weighted by atomic mass is 10.3. The van der Waals surface area contributed by atoms with Crippen molar-refractivity contribution in [1.82, 2.24) is 0 Å². The van der Waals surface area contributed by atoms with Crippen molar-refractivity contribution in [3.8, 4) is 0 Å². The largest absolute Gasteiger partial charge is 0.237 e. The Bertz CT molecular complexity index is 67.2. The number of alkyl halides is 1. The summed E-state index contributed by atoms with van der Waals surface area (Å²) in [7, 11) is -1.38. The molecular formula is C5H11Cl3Si. The van der Waals surface area contributed by atoms with Gasteiger partial charge in [0.15, 0.2) is 0 Å². The molecule has 0 saturated carbocycles. The van der Waals surface area contributed by atoms with Crippen molar-refractivity contribution < 1.29 is 0 Å². The Labute approximate surface area is 72.5 Å². The van der Waals surface area contributed by atoms with Crippen molar-refractivity contribution >= 4 is 41.2 Å². The average molecular weight is 206 g/mol. The molecule has 0 aliphatic heterocycles. The van der Waals surface area contributed by atoms with Crippen LogP contribution < -0.4 is 0 Å². The van der Waals surface area contributed by atoms with Crippen LogP contribution in [0.5, 0.6) is 0 Å². The van der Waals surface area contributed by atoms with Crippen LogP contribution in [0.2, 0.25) is 6.04 Å². The van der Waals surface area contributed by atoms with E-state index < -0.39 is 7.42 Å². The summed E-state index contributed by atoms with van der Waals surface area (Å²) in [5.41, 5.74) is 0. The average Bonchev–Trinajstić information content (AvgIpc) is 1.83. The van der Waals surface area contributed by atoms with Crippen molar-refractivity contribution in [2.24, 2.45) is 0 Å². The zero-order valence-corrected chi connectivity index (χ0v) is 8.83. The minimum Gasteiger partial charge on any atom is -0.150 e. The molecule has 0 heterocycles. The molecule has 0 N–H and O–H groups in total. The Balaban J connectivity index is 3.06. The first-order valence-corrected chi connectivity index (χ1v) is 7.83. The molecule has 4 heteroatoms. The summed E-state index contributed by atoms with van der Waals surface area (Å²) in [4.78, 5) is 0. The third kappa shape index (κ3) is 6.98. The molecule has 0 aliphatic rings. The number of halogens is 3. The zero-order chi connectivity index (χ0) is 7.28. The van der Waals surface area contributed by atoms with Crippen LogP contribution in [0, 0.1) is 0 Å². The molecule has 0 amide bonds. The fourth-order valence-corrected chi connectivity index (χ4v) is 2.26. The van der Waals surface area contributed by atoms with Crippen LogP contribution in [0.3, 0.4) is 0 Å². The van der Waals surface area contributed by atoms with Gasteiger partial charge in [0.1, 0.15) is 0 Å². The van der Waals surface area contributed by atoms with Gasteiger partial charge < -0.3 is 0 Å². The highest BCUT2D eigenvalue weighted by Gasteiger charge is 2.06. The van der Waals surface area contributed by atoms with E-state index in [4.69, 9.17) is 33.8 Å². The minimum absolute atomic E-state index is 0.275. The van der Waals surface area contributed by atoms with Gasteiger partial charge in [-0.15, -0.1) is 11.6 Å². The van der Waals surface area contributed by atoms with E-state index in [2.05, 4.69) is 6.92 Å². The summed E-state index contributed by atoms with van der Waals surface area (Å²) in [5, 5.41) is 0.275. The second-order valence-corrected chi connectivity index (χ2v) is 7.78. The van der Waals surface area contributed by atoms with Gasteiger partial charge in [0.05, 0.1) is 0 Å². The highest BCUT2D eigenvalue weighted by molar-refractivity contribution is 7.33. The van der Waals surface area contributed by atoms with E-state index in [0.717, 1.165) is 18.9 Å². The van der Waals surface area contributed by atoms with Crippen molar-refractivity contribution in [3.63, 3.8) is 0 Å². The van der Waals surface area contributed by atoms with Gasteiger partial charge in [0.25, 0.3) is 0 Å². The SMILES string of the molecule is CCC(Cl)CC[SiH](Cl)Cl. The normalized spacial score (nSPS) is 14.3. The van der Waals surface area contributed by atoms with Crippen molar-refractivity contribution in [2.45, 2.75) is 31.2 Å². The Hall–Kier alpha value is 1.09. The van der Waals surface area contributed by atoms with E-state index in [1.165, 1.54) is 0 Å². The molecule has 0 radical (unpaired) electrons. The molecule has 0 aromatic rings. The molecule has 1 atom stereocenters.